The summed E-state index contributed by atoms with van der Waals surface area (Å²) in [6, 6.07) is 6.99. The molecule has 2 rings (SSSR count). The quantitative estimate of drug-likeness (QED) is 0.733. The van der Waals surface area contributed by atoms with E-state index in [4.69, 9.17) is 44.3 Å². The van der Waals surface area contributed by atoms with Crippen molar-refractivity contribution in [3.63, 3.8) is 0 Å². The molecule has 1 aromatic heterocycles. The number of nitrogens with zero attached hydrogens (tertiary/aromatic N) is 1. The van der Waals surface area contributed by atoms with Gasteiger partial charge < -0.3 is 9.47 Å². The first-order chi connectivity index (χ1) is 9.01. The summed E-state index contributed by atoms with van der Waals surface area (Å²) in [4.78, 5) is 3.99. The highest BCUT2D eigenvalue weighted by molar-refractivity contribution is 6.42. The maximum Gasteiger partial charge on any atom is 0.239 e. The molecule has 2 aromatic rings. The van der Waals surface area contributed by atoms with Gasteiger partial charge in [0, 0.05) is 0 Å². The molecule has 0 aliphatic carbocycles. The van der Waals surface area contributed by atoms with Gasteiger partial charge in [-0.15, -0.1) is 0 Å². The zero-order valence-electron chi connectivity index (χ0n) is 10.2. The van der Waals surface area contributed by atoms with Crippen LogP contribution in [0.1, 0.15) is 5.56 Å². The summed E-state index contributed by atoms with van der Waals surface area (Å²) in [7, 11) is 1.56. The van der Waals surface area contributed by atoms with E-state index < -0.39 is 0 Å². The van der Waals surface area contributed by atoms with Gasteiger partial charge in [-0.1, -0.05) is 40.9 Å². The lowest BCUT2D eigenvalue weighted by molar-refractivity contribution is 0.374. The summed E-state index contributed by atoms with van der Waals surface area (Å²) >= 11 is 17.7. The molecule has 19 heavy (non-hydrogen) atoms. The van der Waals surface area contributed by atoms with Gasteiger partial charge in [-0.3, -0.25) is 0 Å². The predicted octanol–water partition coefficient (Wildman–Crippen LogP) is 5.15. The van der Waals surface area contributed by atoms with Crippen LogP contribution in [-0.2, 0) is 0 Å². The molecule has 0 N–H and O–H groups in total. The Morgan fingerprint density at radius 3 is 2.42 bits per heavy atom. The molecule has 0 radical (unpaired) electrons. The van der Waals surface area contributed by atoms with Gasteiger partial charge in [0.1, 0.15) is 5.02 Å². The summed E-state index contributed by atoms with van der Waals surface area (Å²) in [6.07, 6.45) is 0. The maximum atomic E-state index is 6.01. The number of hydrogen-bond acceptors (Lipinski definition) is 3. The molecule has 0 unspecified atom stereocenters. The molecular formula is C13H10Cl3NO2. The third-order valence-corrected chi connectivity index (χ3v) is 3.32. The first kappa shape index (κ1) is 14.3. The van der Waals surface area contributed by atoms with Crippen molar-refractivity contribution in [1.82, 2.24) is 4.98 Å². The molecule has 0 amide bonds. The van der Waals surface area contributed by atoms with Crippen molar-refractivity contribution >= 4 is 34.8 Å². The van der Waals surface area contributed by atoms with Crippen LogP contribution in [0.15, 0.2) is 24.3 Å². The Kier molecular flexibility index (Phi) is 4.40. The zero-order valence-corrected chi connectivity index (χ0v) is 12.5. The summed E-state index contributed by atoms with van der Waals surface area (Å²) in [5.74, 6) is 1.27. The Morgan fingerprint density at radius 2 is 1.74 bits per heavy atom. The fraction of sp³-hybridized carbons (Fsp3) is 0.154. The van der Waals surface area contributed by atoms with Crippen LogP contribution in [0, 0.1) is 6.92 Å². The van der Waals surface area contributed by atoms with E-state index in [-0.39, 0.29) is 21.1 Å². The second-order valence-electron chi connectivity index (χ2n) is 3.80. The van der Waals surface area contributed by atoms with Crippen LogP contribution in [0.5, 0.6) is 17.4 Å². The van der Waals surface area contributed by atoms with Gasteiger partial charge in [-0.25, -0.2) is 0 Å². The van der Waals surface area contributed by atoms with Crippen molar-refractivity contribution in [2.24, 2.45) is 0 Å². The second-order valence-corrected chi connectivity index (χ2v) is 4.98. The van der Waals surface area contributed by atoms with Crippen LogP contribution in [0.4, 0.5) is 0 Å². The van der Waals surface area contributed by atoms with E-state index in [1.807, 2.05) is 19.1 Å². The molecule has 0 bridgehead atoms. The third kappa shape index (κ3) is 3.24. The van der Waals surface area contributed by atoms with Gasteiger partial charge >= 0.3 is 0 Å². The average molecular weight is 319 g/mol. The van der Waals surface area contributed by atoms with Gasteiger partial charge in [0.15, 0.2) is 16.7 Å². The van der Waals surface area contributed by atoms with E-state index in [0.717, 1.165) is 5.56 Å². The molecule has 3 nitrogen and oxygen atoms in total. The molecule has 0 saturated heterocycles. The molecule has 0 saturated carbocycles. The number of methoxy groups -OCH3 is 1. The Hall–Kier alpha value is -1.16. The summed E-state index contributed by atoms with van der Waals surface area (Å²) in [5.41, 5.74) is 1.05. The van der Waals surface area contributed by atoms with Crippen LogP contribution in [0.2, 0.25) is 15.2 Å². The molecule has 100 valence electrons. The zero-order chi connectivity index (χ0) is 14.0. The first-order valence-electron chi connectivity index (χ1n) is 5.35. The number of ether oxygens (including phenoxy) is 2. The molecule has 1 aromatic carbocycles. The highest BCUT2D eigenvalue weighted by atomic mass is 35.5. The van der Waals surface area contributed by atoms with E-state index in [1.54, 1.807) is 13.2 Å². The Labute approximate surface area is 126 Å². The highest BCUT2D eigenvalue weighted by Crippen LogP contribution is 2.36. The lowest BCUT2D eigenvalue weighted by Crippen LogP contribution is -1.94. The number of benzene rings is 1. The topological polar surface area (TPSA) is 31.4 Å². The highest BCUT2D eigenvalue weighted by Gasteiger charge is 2.12. The lowest BCUT2D eigenvalue weighted by atomic mass is 10.2. The minimum atomic E-state index is 0.132. The number of hydrogen-bond donors (Lipinski definition) is 0. The van der Waals surface area contributed by atoms with Crippen molar-refractivity contribution in [1.29, 1.82) is 0 Å². The van der Waals surface area contributed by atoms with Gasteiger partial charge in [0.2, 0.25) is 5.88 Å². The fourth-order valence-corrected chi connectivity index (χ4v) is 1.99. The summed E-state index contributed by atoms with van der Waals surface area (Å²) in [6.45, 7) is 1.96. The van der Waals surface area contributed by atoms with E-state index in [0.29, 0.717) is 11.5 Å². The molecule has 6 heteroatoms. The largest absolute Gasteiger partial charge is 0.493 e. The number of aromatic nitrogens is 1. The van der Waals surface area contributed by atoms with E-state index in [2.05, 4.69) is 4.98 Å². The van der Waals surface area contributed by atoms with Gasteiger partial charge in [0.05, 0.1) is 12.1 Å². The van der Waals surface area contributed by atoms with E-state index >= 15 is 0 Å². The summed E-state index contributed by atoms with van der Waals surface area (Å²) < 4.78 is 10.8. The fourth-order valence-electron chi connectivity index (χ4n) is 1.46. The van der Waals surface area contributed by atoms with Crippen LogP contribution in [0.25, 0.3) is 0 Å². The molecule has 0 spiro atoms. The van der Waals surface area contributed by atoms with E-state index in [9.17, 15) is 0 Å². The Morgan fingerprint density at radius 1 is 1.00 bits per heavy atom. The predicted molar refractivity (Wildman–Crippen MR) is 77.1 cm³/mol. The second kappa shape index (κ2) is 5.87. The smallest absolute Gasteiger partial charge is 0.239 e. The van der Waals surface area contributed by atoms with Crippen LogP contribution < -0.4 is 9.47 Å². The molecular weight excluding hydrogens is 309 g/mol. The molecule has 0 aliphatic rings. The SMILES string of the molecule is COc1cc(C)ccc1Oc1nc(Cl)c(Cl)cc1Cl. The first-order valence-corrected chi connectivity index (χ1v) is 6.48. The minimum Gasteiger partial charge on any atom is -0.493 e. The van der Waals surface area contributed by atoms with Crippen LogP contribution in [-0.4, -0.2) is 12.1 Å². The van der Waals surface area contributed by atoms with Crippen molar-refractivity contribution in [3.05, 3.63) is 45.0 Å². The monoisotopic (exact) mass is 317 g/mol. The van der Waals surface area contributed by atoms with Crippen LogP contribution >= 0.6 is 34.8 Å². The van der Waals surface area contributed by atoms with Gasteiger partial charge in [0.25, 0.3) is 0 Å². The average Bonchev–Trinajstić information content (AvgIpc) is 2.37. The summed E-state index contributed by atoms with van der Waals surface area (Å²) in [5, 5.41) is 0.680. The van der Waals surface area contributed by atoms with Gasteiger partial charge in [-0.05, 0) is 30.7 Å². The number of pyridine rings is 1. The molecule has 0 aliphatic heterocycles. The normalized spacial score (nSPS) is 10.4. The van der Waals surface area contributed by atoms with Crippen molar-refractivity contribution in [2.75, 3.05) is 7.11 Å². The molecule has 0 fully saturated rings. The molecule has 1 heterocycles. The minimum absolute atomic E-state index is 0.132. The number of rotatable bonds is 3. The van der Waals surface area contributed by atoms with Crippen LogP contribution in [0.3, 0.4) is 0 Å². The maximum absolute atomic E-state index is 6.01. The van der Waals surface area contributed by atoms with Crippen molar-refractivity contribution in [3.8, 4) is 17.4 Å². The van der Waals surface area contributed by atoms with E-state index in [1.165, 1.54) is 6.07 Å². The molecule has 0 atom stereocenters. The number of aryl methyl sites for hydroxylation is 1. The van der Waals surface area contributed by atoms with Crippen molar-refractivity contribution in [2.45, 2.75) is 6.92 Å². The third-order valence-electron chi connectivity index (χ3n) is 2.38. The Bertz CT molecular complexity index is 617. The standard InChI is InChI=1S/C13H10Cl3NO2/c1-7-3-4-10(11(5-7)18-2)19-13-9(15)6-8(14)12(16)17-13/h3-6H,1-2H3. The number of halogens is 3. The van der Waals surface area contributed by atoms with Gasteiger partial charge in [-0.2, -0.15) is 4.98 Å². The Balaban J connectivity index is 2.39. The lowest BCUT2D eigenvalue weighted by Gasteiger charge is -2.11. The van der Waals surface area contributed by atoms with Crippen molar-refractivity contribution < 1.29 is 9.47 Å².